The largest absolute Gasteiger partial charge is 0.329 e. The number of hydrogen-bond acceptors (Lipinski definition) is 1. The van der Waals surface area contributed by atoms with E-state index in [1.54, 1.807) is 0 Å². The molecule has 1 rings (SSSR count). The molecule has 0 aliphatic rings. The SMILES string of the molecule is CCc1ccc(NC=O)cc1C. The maximum absolute atomic E-state index is 10.1. The van der Waals surface area contributed by atoms with Gasteiger partial charge in [-0.2, -0.15) is 0 Å². The zero-order valence-electron chi connectivity index (χ0n) is 7.42. The van der Waals surface area contributed by atoms with Gasteiger partial charge >= 0.3 is 0 Å². The summed E-state index contributed by atoms with van der Waals surface area (Å²) < 4.78 is 0. The lowest BCUT2D eigenvalue weighted by atomic mass is 10.1. The third-order valence-corrected chi connectivity index (χ3v) is 1.95. The molecule has 1 amide bonds. The van der Waals surface area contributed by atoms with Crippen LogP contribution in [-0.4, -0.2) is 6.41 Å². The van der Waals surface area contributed by atoms with E-state index in [1.807, 2.05) is 18.2 Å². The lowest BCUT2D eigenvalue weighted by Crippen LogP contribution is -1.95. The van der Waals surface area contributed by atoms with Crippen molar-refractivity contribution in [2.24, 2.45) is 0 Å². The van der Waals surface area contributed by atoms with Crippen molar-refractivity contribution in [1.29, 1.82) is 0 Å². The zero-order valence-corrected chi connectivity index (χ0v) is 7.42. The topological polar surface area (TPSA) is 29.1 Å². The Morgan fingerprint density at radius 2 is 2.25 bits per heavy atom. The van der Waals surface area contributed by atoms with Crippen LogP contribution in [0.4, 0.5) is 5.69 Å². The lowest BCUT2D eigenvalue weighted by molar-refractivity contribution is -0.105. The Balaban J connectivity index is 2.93. The van der Waals surface area contributed by atoms with Gasteiger partial charge in [-0.3, -0.25) is 4.79 Å². The van der Waals surface area contributed by atoms with Gasteiger partial charge in [-0.15, -0.1) is 0 Å². The molecule has 0 aliphatic heterocycles. The van der Waals surface area contributed by atoms with Crippen molar-refractivity contribution in [3.8, 4) is 0 Å². The van der Waals surface area contributed by atoms with Crippen LogP contribution in [0.3, 0.4) is 0 Å². The van der Waals surface area contributed by atoms with Crippen molar-refractivity contribution in [3.05, 3.63) is 29.3 Å². The lowest BCUT2D eigenvalue weighted by Gasteiger charge is -2.04. The summed E-state index contributed by atoms with van der Waals surface area (Å²) in [5.74, 6) is 0. The van der Waals surface area contributed by atoms with Crippen molar-refractivity contribution in [3.63, 3.8) is 0 Å². The minimum atomic E-state index is 0.695. The summed E-state index contributed by atoms with van der Waals surface area (Å²) in [6.07, 6.45) is 1.73. The predicted molar refractivity (Wildman–Crippen MR) is 50.2 cm³/mol. The molecule has 2 nitrogen and oxygen atoms in total. The van der Waals surface area contributed by atoms with Gasteiger partial charge in [-0.1, -0.05) is 13.0 Å². The van der Waals surface area contributed by atoms with E-state index in [0.717, 1.165) is 12.1 Å². The average molecular weight is 163 g/mol. The van der Waals surface area contributed by atoms with Crippen LogP contribution in [0.5, 0.6) is 0 Å². The van der Waals surface area contributed by atoms with E-state index in [-0.39, 0.29) is 0 Å². The fourth-order valence-corrected chi connectivity index (χ4v) is 1.25. The predicted octanol–water partition coefficient (Wildman–Crippen LogP) is 2.13. The summed E-state index contributed by atoms with van der Waals surface area (Å²) in [6, 6.07) is 5.94. The molecule has 64 valence electrons. The minimum absolute atomic E-state index is 0.695. The Morgan fingerprint density at radius 3 is 2.75 bits per heavy atom. The number of carbonyl (C=O) groups is 1. The monoisotopic (exact) mass is 163 g/mol. The van der Waals surface area contributed by atoms with Crippen molar-refractivity contribution in [2.75, 3.05) is 5.32 Å². The molecule has 0 saturated carbocycles. The quantitative estimate of drug-likeness (QED) is 0.679. The fraction of sp³-hybridized carbons (Fsp3) is 0.300. The molecule has 12 heavy (non-hydrogen) atoms. The van der Waals surface area contributed by atoms with E-state index in [2.05, 4.69) is 19.2 Å². The highest BCUT2D eigenvalue weighted by Crippen LogP contribution is 2.14. The molecule has 0 saturated heterocycles. The fourth-order valence-electron chi connectivity index (χ4n) is 1.25. The van der Waals surface area contributed by atoms with Gasteiger partial charge in [-0.25, -0.2) is 0 Å². The molecule has 0 bridgehead atoms. The van der Waals surface area contributed by atoms with E-state index < -0.39 is 0 Å². The van der Waals surface area contributed by atoms with Crippen molar-refractivity contribution < 1.29 is 4.79 Å². The number of aryl methyl sites for hydroxylation is 2. The summed E-state index contributed by atoms with van der Waals surface area (Å²) in [6.45, 7) is 4.17. The highest BCUT2D eigenvalue weighted by Gasteiger charge is 1.96. The maximum atomic E-state index is 10.1. The summed E-state index contributed by atoms with van der Waals surface area (Å²) in [7, 11) is 0. The minimum Gasteiger partial charge on any atom is -0.329 e. The molecule has 0 aromatic heterocycles. The van der Waals surface area contributed by atoms with Crippen LogP contribution in [0.1, 0.15) is 18.1 Å². The number of nitrogens with one attached hydrogen (secondary N) is 1. The van der Waals surface area contributed by atoms with E-state index in [4.69, 9.17) is 0 Å². The van der Waals surface area contributed by atoms with Gasteiger partial charge in [0.05, 0.1) is 0 Å². The third-order valence-electron chi connectivity index (χ3n) is 1.95. The Morgan fingerprint density at radius 1 is 1.50 bits per heavy atom. The highest BCUT2D eigenvalue weighted by atomic mass is 16.1. The first-order valence-electron chi connectivity index (χ1n) is 4.07. The van der Waals surface area contributed by atoms with E-state index in [1.165, 1.54) is 11.1 Å². The van der Waals surface area contributed by atoms with E-state index >= 15 is 0 Å². The smallest absolute Gasteiger partial charge is 0.211 e. The normalized spacial score (nSPS) is 9.50. The first-order valence-corrected chi connectivity index (χ1v) is 4.07. The van der Waals surface area contributed by atoms with Gasteiger partial charge in [0.1, 0.15) is 0 Å². The Bertz CT molecular complexity index is 281. The zero-order chi connectivity index (χ0) is 8.97. The van der Waals surface area contributed by atoms with Gasteiger partial charge < -0.3 is 5.32 Å². The summed E-state index contributed by atoms with van der Waals surface area (Å²) in [4.78, 5) is 10.1. The van der Waals surface area contributed by atoms with Crippen LogP contribution in [0.25, 0.3) is 0 Å². The summed E-state index contributed by atoms with van der Waals surface area (Å²) in [5, 5.41) is 2.62. The Labute approximate surface area is 72.6 Å². The van der Waals surface area contributed by atoms with Gasteiger partial charge in [0.25, 0.3) is 0 Å². The van der Waals surface area contributed by atoms with Gasteiger partial charge in [0.2, 0.25) is 6.41 Å². The first kappa shape index (κ1) is 8.78. The van der Waals surface area contributed by atoms with Crippen LogP contribution in [0, 0.1) is 6.92 Å². The Hall–Kier alpha value is -1.31. The second-order valence-electron chi connectivity index (χ2n) is 2.76. The standard InChI is InChI=1S/C10H13NO/c1-3-9-4-5-10(11-7-12)6-8(9)2/h4-7H,3H2,1-2H3,(H,11,12). The highest BCUT2D eigenvalue weighted by molar-refractivity contribution is 5.71. The molecule has 0 unspecified atom stereocenters. The molecule has 0 heterocycles. The molecule has 0 aliphatic carbocycles. The van der Waals surface area contributed by atoms with Gasteiger partial charge in [-0.05, 0) is 36.6 Å². The average Bonchev–Trinajstić information content (AvgIpc) is 2.05. The second kappa shape index (κ2) is 3.90. The van der Waals surface area contributed by atoms with E-state index in [9.17, 15) is 4.79 Å². The number of benzene rings is 1. The van der Waals surface area contributed by atoms with Crippen LogP contribution in [-0.2, 0) is 11.2 Å². The number of carbonyl (C=O) groups excluding carboxylic acids is 1. The number of rotatable bonds is 3. The molecule has 0 radical (unpaired) electrons. The number of amides is 1. The van der Waals surface area contributed by atoms with Crippen LogP contribution >= 0.6 is 0 Å². The van der Waals surface area contributed by atoms with Crippen molar-refractivity contribution in [1.82, 2.24) is 0 Å². The third kappa shape index (κ3) is 1.84. The summed E-state index contributed by atoms with van der Waals surface area (Å²) in [5.41, 5.74) is 3.41. The van der Waals surface area contributed by atoms with Crippen LogP contribution < -0.4 is 5.32 Å². The van der Waals surface area contributed by atoms with Crippen LogP contribution in [0.2, 0.25) is 0 Å². The van der Waals surface area contributed by atoms with Gasteiger partial charge in [0.15, 0.2) is 0 Å². The number of anilines is 1. The molecule has 0 spiro atoms. The maximum Gasteiger partial charge on any atom is 0.211 e. The van der Waals surface area contributed by atoms with Crippen LogP contribution in [0.15, 0.2) is 18.2 Å². The molecular formula is C10H13NO. The molecule has 1 aromatic rings. The molecule has 1 aromatic carbocycles. The Kier molecular flexibility index (Phi) is 2.86. The first-order chi connectivity index (χ1) is 5.77. The van der Waals surface area contributed by atoms with Gasteiger partial charge in [0, 0.05) is 5.69 Å². The molecule has 1 N–H and O–H groups in total. The second-order valence-corrected chi connectivity index (χ2v) is 2.76. The molecule has 0 fully saturated rings. The number of hydrogen-bond donors (Lipinski definition) is 1. The van der Waals surface area contributed by atoms with Crippen molar-refractivity contribution >= 4 is 12.1 Å². The van der Waals surface area contributed by atoms with Crippen molar-refractivity contribution in [2.45, 2.75) is 20.3 Å². The molecule has 0 atom stereocenters. The van der Waals surface area contributed by atoms with E-state index in [0.29, 0.717) is 6.41 Å². The molecular weight excluding hydrogens is 150 g/mol. The molecule has 2 heteroatoms. The summed E-state index contributed by atoms with van der Waals surface area (Å²) >= 11 is 0.